The SMILES string of the molecule is Cc1nc2sccn2c1CNC1CCCC1C#N. The molecule has 0 amide bonds. The molecule has 1 aliphatic rings. The molecule has 1 aliphatic carbocycles. The summed E-state index contributed by atoms with van der Waals surface area (Å²) >= 11 is 1.66. The molecule has 2 unspecified atom stereocenters. The van der Waals surface area contributed by atoms with E-state index in [0.717, 1.165) is 36.5 Å². The number of hydrogen-bond donors (Lipinski definition) is 1. The lowest BCUT2D eigenvalue weighted by Crippen LogP contribution is -2.31. The van der Waals surface area contributed by atoms with E-state index in [0.29, 0.717) is 6.04 Å². The molecule has 4 nitrogen and oxygen atoms in total. The molecule has 0 radical (unpaired) electrons. The van der Waals surface area contributed by atoms with E-state index in [4.69, 9.17) is 5.26 Å². The monoisotopic (exact) mass is 260 g/mol. The Hall–Kier alpha value is -1.38. The predicted octanol–water partition coefficient (Wildman–Crippen LogP) is 2.49. The largest absolute Gasteiger partial charge is 0.307 e. The first-order valence-corrected chi connectivity index (χ1v) is 7.21. The summed E-state index contributed by atoms with van der Waals surface area (Å²) in [7, 11) is 0. The minimum Gasteiger partial charge on any atom is -0.307 e. The highest BCUT2D eigenvalue weighted by Crippen LogP contribution is 2.25. The van der Waals surface area contributed by atoms with Crippen molar-refractivity contribution < 1.29 is 0 Å². The van der Waals surface area contributed by atoms with Crippen LogP contribution in [0.25, 0.3) is 4.96 Å². The highest BCUT2D eigenvalue weighted by Gasteiger charge is 2.26. The van der Waals surface area contributed by atoms with E-state index in [1.54, 1.807) is 11.3 Å². The van der Waals surface area contributed by atoms with Crippen molar-refractivity contribution >= 4 is 16.3 Å². The zero-order valence-corrected chi connectivity index (χ0v) is 11.2. The number of nitriles is 1. The highest BCUT2D eigenvalue weighted by atomic mass is 32.1. The molecule has 5 heteroatoms. The second kappa shape index (κ2) is 4.71. The Morgan fingerprint density at radius 3 is 3.33 bits per heavy atom. The van der Waals surface area contributed by atoms with Crippen LogP contribution in [0.4, 0.5) is 0 Å². The van der Waals surface area contributed by atoms with Gasteiger partial charge in [-0.1, -0.05) is 6.42 Å². The summed E-state index contributed by atoms with van der Waals surface area (Å²) in [6, 6.07) is 2.75. The van der Waals surface area contributed by atoms with Gasteiger partial charge in [0.25, 0.3) is 0 Å². The summed E-state index contributed by atoms with van der Waals surface area (Å²) in [4.78, 5) is 5.58. The second-order valence-corrected chi connectivity index (χ2v) is 5.73. The number of nitrogens with one attached hydrogen (secondary N) is 1. The molecular formula is C13H16N4S. The Morgan fingerprint density at radius 2 is 2.50 bits per heavy atom. The van der Waals surface area contributed by atoms with Crippen LogP contribution in [0.2, 0.25) is 0 Å². The van der Waals surface area contributed by atoms with E-state index in [1.807, 2.05) is 6.92 Å². The number of rotatable bonds is 3. The van der Waals surface area contributed by atoms with E-state index in [-0.39, 0.29) is 5.92 Å². The van der Waals surface area contributed by atoms with Crippen molar-refractivity contribution in [2.24, 2.45) is 5.92 Å². The second-order valence-electron chi connectivity index (χ2n) is 4.85. The number of nitrogens with zero attached hydrogens (tertiary/aromatic N) is 3. The number of hydrogen-bond acceptors (Lipinski definition) is 4. The van der Waals surface area contributed by atoms with Gasteiger partial charge >= 0.3 is 0 Å². The molecule has 94 valence electrons. The standard InChI is InChI=1S/C13H16N4S/c1-9-12(17-5-6-18-13(17)16-9)8-15-11-4-2-3-10(11)7-14/h5-6,10-11,15H,2-4,8H2,1H3. The maximum absolute atomic E-state index is 9.08. The van der Waals surface area contributed by atoms with E-state index < -0.39 is 0 Å². The highest BCUT2D eigenvalue weighted by molar-refractivity contribution is 7.15. The van der Waals surface area contributed by atoms with Crippen LogP contribution in [0, 0.1) is 24.2 Å². The first-order valence-electron chi connectivity index (χ1n) is 6.33. The lowest BCUT2D eigenvalue weighted by molar-refractivity contribution is 0.460. The summed E-state index contributed by atoms with van der Waals surface area (Å²) in [6.07, 6.45) is 5.37. The van der Waals surface area contributed by atoms with E-state index in [2.05, 4.69) is 32.3 Å². The Labute approximate surface area is 110 Å². The van der Waals surface area contributed by atoms with Gasteiger partial charge in [-0.25, -0.2) is 4.98 Å². The summed E-state index contributed by atoms with van der Waals surface area (Å²) in [5.41, 5.74) is 2.30. The molecule has 3 rings (SSSR count). The van der Waals surface area contributed by atoms with E-state index in [9.17, 15) is 0 Å². The van der Waals surface area contributed by atoms with Crippen molar-refractivity contribution in [3.8, 4) is 6.07 Å². The van der Waals surface area contributed by atoms with Crippen molar-refractivity contribution in [2.75, 3.05) is 0 Å². The molecule has 0 saturated heterocycles. The molecule has 1 saturated carbocycles. The van der Waals surface area contributed by atoms with Crippen molar-refractivity contribution in [2.45, 2.75) is 38.8 Å². The summed E-state index contributed by atoms with van der Waals surface area (Å²) in [5.74, 6) is 0.177. The molecule has 0 aromatic carbocycles. The van der Waals surface area contributed by atoms with Crippen LogP contribution in [0.3, 0.4) is 0 Å². The van der Waals surface area contributed by atoms with Gasteiger partial charge in [0.1, 0.15) is 0 Å². The van der Waals surface area contributed by atoms with Gasteiger partial charge in [0.2, 0.25) is 0 Å². The van der Waals surface area contributed by atoms with Gasteiger partial charge in [-0.2, -0.15) is 5.26 Å². The van der Waals surface area contributed by atoms with Crippen molar-refractivity contribution in [3.63, 3.8) is 0 Å². The van der Waals surface area contributed by atoms with Gasteiger partial charge in [-0.15, -0.1) is 11.3 Å². The Balaban J connectivity index is 1.75. The van der Waals surface area contributed by atoms with Crippen LogP contribution in [0.1, 0.15) is 30.7 Å². The zero-order chi connectivity index (χ0) is 12.5. The van der Waals surface area contributed by atoms with Gasteiger partial charge < -0.3 is 5.32 Å². The third-order valence-corrected chi connectivity index (χ3v) is 4.53. The van der Waals surface area contributed by atoms with Crippen LogP contribution in [0.15, 0.2) is 11.6 Å². The predicted molar refractivity (Wildman–Crippen MR) is 71.4 cm³/mol. The quantitative estimate of drug-likeness (QED) is 0.922. The fourth-order valence-corrected chi connectivity index (χ4v) is 3.52. The average molecular weight is 260 g/mol. The number of fused-ring (bicyclic) bond motifs is 1. The molecule has 1 N–H and O–H groups in total. The molecule has 18 heavy (non-hydrogen) atoms. The van der Waals surface area contributed by atoms with Crippen LogP contribution in [0.5, 0.6) is 0 Å². The van der Waals surface area contributed by atoms with Gasteiger partial charge in [0.15, 0.2) is 4.96 Å². The molecule has 0 spiro atoms. The number of aryl methyl sites for hydroxylation is 1. The van der Waals surface area contributed by atoms with Crippen LogP contribution in [-0.4, -0.2) is 15.4 Å². The zero-order valence-electron chi connectivity index (χ0n) is 10.4. The number of imidazole rings is 1. The lowest BCUT2D eigenvalue weighted by atomic mass is 10.1. The fraction of sp³-hybridized carbons (Fsp3) is 0.538. The van der Waals surface area contributed by atoms with Crippen LogP contribution >= 0.6 is 11.3 Å². The fourth-order valence-electron chi connectivity index (χ4n) is 2.74. The molecule has 0 bridgehead atoms. The third kappa shape index (κ3) is 1.92. The first kappa shape index (κ1) is 11.7. The van der Waals surface area contributed by atoms with Gasteiger partial charge in [-0.3, -0.25) is 4.40 Å². The topological polar surface area (TPSA) is 53.1 Å². The molecular weight excluding hydrogens is 244 g/mol. The molecule has 2 aromatic rings. The van der Waals surface area contributed by atoms with Crippen molar-refractivity contribution in [3.05, 3.63) is 23.0 Å². The van der Waals surface area contributed by atoms with Crippen molar-refractivity contribution in [1.29, 1.82) is 5.26 Å². The normalized spacial score (nSPS) is 23.6. The molecule has 2 aromatic heterocycles. The minimum atomic E-state index is 0.177. The lowest BCUT2D eigenvalue weighted by Gasteiger charge is -2.15. The van der Waals surface area contributed by atoms with Crippen LogP contribution in [-0.2, 0) is 6.54 Å². The molecule has 1 fully saturated rings. The average Bonchev–Trinajstić information content (AvgIpc) is 3.02. The van der Waals surface area contributed by atoms with E-state index >= 15 is 0 Å². The molecule has 2 heterocycles. The third-order valence-electron chi connectivity index (χ3n) is 3.77. The minimum absolute atomic E-state index is 0.177. The summed E-state index contributed by atoms with van der Waals surface area (Å²) in [6.45, 7) is 2.85. The first-order chi connectivity index (χ1) is 8.79. The maximum Gasteiger partial charge on any atom is 0.194 e. The summed E-state index contributed by atoms with van der Waals surface area (Å²) < 4.78 is 2.14. The van der Waals surface area contributed by atoms with Gasteiger partial charge in [-0.05, 0) is 19.8 Å². The van der Waals surface area contributed by atoms with Crippen molar-refractivity contribution in [1.82, 2.24) is 14.7 Å². The number of thiazole rings is 1. The van der Waals surface area contributed by atoms with Crippen LogP contribution < -0.4 is 5.32 Å². The van der Waals surface area contributed by atoms with E-state index in [1.165, 1.54) is 5.69 Å². The maximum atomic E-state index is 9.08. The molecule has 0 aliphatic heterocycles. The smallest absolute Gasteiger partial charge is 0.194 e. The Morgan fingerprint density at radius 1 is 1.61 bits per heavy atom. The summed E-state index contributed by atoms with van der Waals surface area (Å²) in [5, 5.41) is 14.7. The molecule has 2 atom stereocenters. The van der Waals surface area contributed by atoms with Gasteiger partial charge in [0, 0.05) is 24.2 Å². The number of aromatic nitrogens is 2. The Kier molecular flexibility index (Phi) is 3.06. The Bertz CT molecular complexity index is 592. The van der Waals surface area contributed by atoms with Gasteiger partial charge in [0.05, 0.1) is 23.4 Å².